The normalized spacial score (nSPS) is 11.9. The van der Waals surface area contributed by atoms with Crippen LogP contribution in [-0.4, -0.2) is 57.6 Å². The van der Waals surface area contributed by atoms with E-state index in [1.165, 1.54) is 17.4 Å². The highest BCUT2D eigenvalue weighted by Crippen LogP contribution is 2.32. The molecule has 0 fully saturated rings. The molecule has 0 saturated heterocycles. The van der Waals surface area contributed by atoms with Crippen molar-refractivity contribution in [3.63, 3.8) is 0 Å². The van der Waals surface area contributed by atoms with E-state index in [-0.39, 0.29) is 16.4 Å². The van der Waals surface area contributed by atoms with E-state index in [9.17, 15) is 13.2 Å². The van der Waals surface area contributed by atoms with Crippen LogP contribution in [0.5, 0.6) is 0 Å². The van der Waals surface area contributed by atoms with Gasteiger partial charge in [0.05, 0.1) is 20.7 Å². The third-order valence-corrected chi connectivity index (χ3v) is 6.83. The molecule has 0 N–H and O–H groups in total. The number of likely N-dealkylation sites (N-methyl/N-ethyl adjacent to an activating group) is 1. The molecule has 0 radical (unpaired) electrons. The van der Waals surface area contributed by atoms with Crippen LogP contribution in [0.3, 0.4) is 0 Å². The summed E-state index contributed by atoms with van der Waals surface area (Å²) in [5.41, 5.74) is 2.19. The third-order valence-electron chi connectivity index (χ3n) is 4.64. The van der Waals surface area contributed by atoms with Gasteiger partial charge < -0.3 is 4.90 Å². The Kier molecular flexibility index (Phi) is 6.36. The second-order valence-corrected chi connectivity index (χ2v) is 10.1. The molecule has 3 rings (SSSR count). The lowest BCUT2D eigenvalue weighted by molar-refractivity contribution is 0.0982. The van der Waals surface area contributed by atoms with Crippen molar-refractivity contribution in [3.05, 3.63) is 53.6 Å². The fourth-order valence-electron chi connectivity index (χ4n) is 3.09. The molecular formula is C21H25N3O3S2. The number of nitrogens with zero attached hydrogens (tertiary/aromatic N) is 3. The Morgan fingerprint density at radius 2 is 1.79 bits per heavy atom. The minimum Gasteiger partial charge on any atom is -0.308 e. The van der Waals surface area contributed by atoms with E-state index in [0.717, 1.165) is 28.5 Å². The highest BCUT2D eigenvalue weighted by molar-refractivity contribution is 7.90. The summed E-state index contributed by atoms with van der Waals surface area (Å²) < 4.78 is 25.4. The highest BCUT2D eigenvalue weighted by Gasteiger charge is 2.26. The molecule has 0 unspecified atom stereocenters. The number of carbonyl (C=O) groups excluding carboxylic acids is 1. The number of hydrogen-bond acceptors (Lipinski definition) is 6. The van der Waals surface area contributed by atoms with Gasteiger partial charge in [0.15, 0.2) is 15.0 Å². The number of aromatic nitrogens is 1. The van der Waals surface area contributed by atoms with Crippen LogP contribution in [0.4, 0.5) is 5.13 Å². The van der Waals surface area contributed by atoms with Gasteiger partial charge >= 0.3 is 0 Å². The van der Waals surface area contributed by atoms with Gasteiger partial charge in [-0.05, 0) is 44.3 Å². The SMILES string of the molecule is CCc1cccc2sc(N(CCN(C)C)C(=O)c3ccccc3S(C)(=O)=O)nc12. The quantitative estimate of drug-likeness (QED) is 0.573. The molecule has 6 nitrogen and oxygen atoms in total. The van der Waals surface area contributed by atoms with Crippen molar-refractivity contribution in [2.75, 3.05) is 38.3 Å². The molecule has 0 spiro atoms. The molecule has 1 aromatic heterocycles. The van der Waals surface area contributed by atoms with Crippen LogP contribution in [0.1, 0.15) is 22.8 Å². The first-order valence-electron chi connectivity index (χ1n) is 9.36. The fraction of sp³-hybridized carbons (Fsp3) is 0.333. The molecule has 0 bridgehead atoms. The second kappa shape index (κ2) is 8.61. The summed E-state index contributed by atoms with van der Waals surface area (Å²) in [6.07, 6.45) is 1.97. The number of benzene rings is 2. The minimum absolute atomic E-state index is 0.0372. The smallest absolute Gasteiger partial charge is 0.261 e. The van der Waals surface area contributed by atoms with Gasteiger partial charge in [0.2, 0.25) is 0 Å². The summed E-state index contributed by atoms with van der Waals surface area (Å²) in [6, 6.07) is 12.4. The lowest BCUT2D eigenvalue weighted by Crippen LogP contribution is -2.37. The van der Waals surface area contributed by atoms with E-state index in [4.69, 9.17) is 4.98 Å². The zero-order chi connectivity index (χ0) is 21.2. The van der Waals surface area contributed by atoms with Crippen molar-refractivity contribution in [1.29, 1.82) is 0 Å². The van der Waals surface area contributed by atoms with Crippen molar-refractivity contribution in [2.24, 2.45) is 0 Å². The largest absolute Gasteiger partial charge is 0.308 e. The van der Waals surface area contributed by atoms with Gasteiger partial charge in [-0.1, -0.05) is 42.5 Å². The predicted octanol–water partition coefficient (Wildman–Crippen LogP) is 3.47. The summed E-state index contributed by atoms with van der Waals surface area (Å²) in [6.45, 7) is 3.11. The molecule has 1 heterocycles. The topological polar surface area (TPSA) is 70.6 Å². The van der Waals surface area contributed by atoms with E-state index in [0.29, 0.717) is 18.2 Å². The maximum Gasteiger partial charge on any atom is 0.261 e. The number of sulfone groups is 1. The maximum absolute atomic E-state index is 13.5. The van der Waals surface area contributed by atoms with Gasteiger partial charge in [-0.2, -0.15) is 0 Å². The summed E-state index contributed by atoms with van der Waals surface area (Å²) in [7, 11) is 0.327. The Labute approximate surface area is 175 Å². The van der Waals surface area contributed by atoms with Gasteiger partial charge in [-0.15, -0.1) is 0 Å². The van der Waals surface area contributed by atoms with Crippen molar-refractivity contribution in [1.82, 2.24) is 9.88 Å². The minimum atomic E-state index is -3.54. The Morgan fingerprint density at radius 1 is 1.07 bits per heavy atom. The van der Waals surface area contributed by atoms with E-state index in [2.05, 4.69) is 6.92 Å². The van der Waals surface area contributed by atoms with Crippen LogP contribution in [0.15, 0.2) is 47.4 Å². The summed E-state index contributed by atoms with van der Waals surface area (Å²) in [5, 5.41) is 0.580. The Balaban J connectivity index is 2.11. The number of hydrogen-bond donors (Lipinski definition) is 0. The zero-order valence-corrected chi connectivity index (χ0v) is 18.7. The van der Waals surface area contributed by atoms with Crippen molar-refractivity contribution < 1.29 is 13.2 Å². The van der Waals surface area contributed by atoms with E-state index in [1.807, 2.05) is 37.2 Å². The standard InChI is InChI=1S/C21H25N3O3S2/c1-5-15-9-8-11-17-19(15)22-21(28-17)24(14-13-23(2)3)20(25)16-10-6-7-12-18(16)29(4,26)27/h6-12H,5,13-14H2,1-4H3. The fourth-order valence-corrected chi connectivity index (χ4v) is 5.01. The molecule has 2 aromatic carbocycles. The number of para-hydroxylation sites is 1. The maximum atomic E-state index is 13.5. The Hall–Kier alpha value is -2.29. The molecule has 0 saturated carbocycles. The molecule has 8 heteroatoms. The molecule has 154 valence electrons. The Morgan fingerprint density at radius 3 is 2.45 bits per heavy atom. The number of anilines is 1. The number of amides is 1. The molecular weight excluding hydrogens is 406 g/mol. The molecule has 1 amide bonds. The predicted molar refractivity (Wildman–Crippen MR) is 119 cm³/mol. The van der Waals surface area contributed by atoms with E-state index >= 15 is 0 Å². The van der Waals surface area contributed by atoms with Crippen LogP contribution in [-0.2, 0) is 16.3 Å². The zero-order valence-electron chi connectivity index (χ0n) is 17.0. The first-order chi connectivity index (χ1) is 13.7. The van der Waals surface area contributed by atoms with E-state index in [1.54, 1.807) is 23.1 Å². The van der Waals surface area contributed by atoms with Crippen LogP contribution in [0.25, 0.3) is 10.2 Å². The number of carbonyl (C=O) groups is 1. The van der Waals surface area contributed by atoms with Gasteiger partial charge in [-0.3, -0.25) is 9.69 Å². The summed E-state index contributed by atoms with van der Waals surface area (Å²) in [4.78, 5) is 21.8. The first kappa shape index (κ1) is 21.4. The second-order valence-electron chi connectivity index (χ2n) is 7.14. The number of aryl methyl sites for hydroxylation is 1. The summed E-state index contributed by atoms with van der Waals surface area (Å²) in [5.74, 6) is -0.357. The number of fused-ring (bicyclic) bond motifs is 1. The van der Waals surface area contributed by atoms with Crippen LogP contribution >= 0.6 is 11.3 Å². The molecule has 0 aliphatic rings. The average Bonchev–Trinajstić information content (AvgIpc) is 3.11. The van der Waals surface area contributed by atoms with Gasteiger partial charge in [0.1, 0.15) is 0 Å². The monoisotopic (exact) mass is 431 g/mol. The van der Waals surface area contributed by atoms with Crippen molar-refractivity contribution in [2.45, 2.75) is 18.2 Å². The van der Waals surface area contributed by atoms with Crippen LogP contribution in [0.2, 0.25) is 0 Å². The molecule has 29 heavy (non-hydrogen) atoms. The summed E-state index contributed by atoms with van der Waals surface area (Å²) >= 11 is 1.45. The van der Waals surface area contributed by atoms with Crippen LogP contribution in [0, 0.1) is 0 Å². The number of thiazole rings is 1. The van der Waals surface area contributed by atoms with Gasteiger partial charge in [0.25, 0.3) is 5.91 Å². The Bertz CT molecular complexity index is 1140. The van der Waals surface area contributed by atoms with E-state index < -0.39 is 9.84 Å². The lowest BCUT2D eigenvalue weighted by atomic mass is 10.1. The number of rotatable bonds is 7. The molecule has 0 atom stereocenters. The molecule has 0 aliphatic carbocycles. The molecule has 3 aromatic rings. The van der Waals surface area contributed by atoms with Gasteiger partial charge in [0, 0.05) is 19.3 Å². The third kappa shape index (κ3) is 4.66. The van der Waals surface area contributed by atoms with Crippen molar-refractivity contribution in [3.8, 4) is 0 Å². The van der Waals surface area contributed by atoms with Crippen molar-refractivity contribution >= 4 is 42.4 Å². The van der Waals surface area contributed by atoms with Gasteiger partial charge in [-0.25, -0.2) is 13.4 Å². The average molecular weight is 432 g/mol. The van der Waals surface area contributed by atoms with Crippen LogP contribution < -0.4 is 4.90 Å². The first-order valence-corrected chi connectivity index (χ1v) is 12.1. The molecule has 0 aliphatic heterocycles. The lowest BCUT2D eigenvalue weighted by Gasteiger charge is -2.23. The highest BCUT2D eigenvalue weighted by atomic mass is 32.2.